The predicted octanol–water partition coefficient (Wildman–Crippen LogP) is 1.43. The van der Waals surface area contributed by atoms with Crippen LogP contribution in [0.1, 0.15) is 12.5 Å². The molecule has 1 aromatic carbocycles. The van der Waals surface area contributed by atoms with E-state index in [-0.39, 0.29) is 41.3 Å². The van der Waals surface area contributed by atoms with Gasteiger partial charge in [0.1, 0.15) is 17.2 Å². The van der Waals surface area contributed by atoms with E-state index in [4.69, 9.17) is 22.1 Å². The van der Waals surface area contributed by atoms with Gasteiger partial charge in [-0.3, -0.25) is 15.4 Å². The van der Waals surface area contributed by atoms with Crippen LogP contribution in [0.4, 0.5) is 27.8 Å². The van der Waals surface area contributed by atoms with Gasteiger partial charge in [-0.1, -0.05) is 28.9 Å². The number of anilines is 3. The fourth-order valence-corrected chi connectivity index (χ4v) is 2.36. The summed E-state index contributed by atoms with van der Waals surface area (Å²) in [7, 11) is 0. The van der Waals surface area contributed by atoms with Crippen molar-refractivity contribution in [2.24, 2.45) is 5.16 Å². The first-order valence-electron chi connectivity index (χ1n) is 7.95. The number of aromatic nitrogens is 1. The molecule has 164 valence electrons. The van der Waals surface area contributed by atoms with Gasteiger partial charge in [-0.2, -0.15) is 0 Å². The lowest BCUT2D eigenvalue weighted by Crippen LogP contribution is -2.18. The van der Waals surface area contributed by atoms with Gasteiger partial charge in [0.05, 0.1) is 18.1 Å². The summed E-state index contributed by atoms with van der Waals surface area (Å²) in [5.41, 5.74) is 5.89. The molecule has 0 unspecified atom stereocenters. The van der Waals surface area contributed by atoms with Crippen molar-refractivity contribution in [2.45, 2.75) is 6.92 Å². The highest BCUT2D eigenvalue weighted by atomic mass is 35.5. The first kappa shape index (κ1) is 26.3. The van der Waals surface area contributed by atoms with Crippen LogP contribution in [0.5, 0.6) is 0 Å². The maximum atomic E-state index is 11.5. The van der Waals surface area contributed by atoms with E-state index in [1.165, 1.54) is 6.07 Å². The third-order valence-electron chi connectivity index (χ3n) is 3.45. The van der Waals surface area contributed by atoms with Crippen molar-refractivity contribution in [2.75, 3.05) is 29.5 Å². The Kier molecular flexibility index (Phi) is 10.5. The highest BCUT2D eigenvalue weighted by molar-refractivity contribution is 6.30. The average molecular weight is 445 g/mol. The molecule has 1 heterocycles. The van der Waals surface area contributed by atoms with Gasteiger partial charge in [0.15, 0.2) is 0 Å². The maximum absolute atomic E-state index is 11.5. The van der Waals surface area contributed by atoms with Crippen LogP contribution in [0.2, 0.25) is 5.02 Å². The van der Waals surface area contributed by atoms with Gasteiger partial charge < -0.3 is 31.9 Å². The van der Waals surface area contributed by atoms with E-state index in [2.05, 4.69) is 20.8 Å². The zero-order valence-corrected chi connectivity index (χ0v) is 16.4. The largest absolute Gasteiger partial charge is 0.450 e. The van der Waals surface area contributed by atoms with Crippen LogP contribution in [0, 0.1) is 10.1 Å². The van der Waals surface area contributed by atoms with Crippen molar-refractivity contribution in [3.05, 3.63) is 51.0 Å². The second-order valence-corrected chi connectivity index (χ2v) is 5.74. The zero-order chi connectivity index (χ0) is 20.7. The summed E-state index contributed by atoms with van der Waals surface area (Å²) in [6.45, 7) is 1.68. The Morgan fingerprint density at radius 1 is 1.37 bits per heavy atom. The maximum Gasteiger partial charge on any atom is 0.412 e. The number of pyridine rings is 1. The number of rotatable bonds is 7. The molecule has 0 fully saturated rings. The number of hydrogen-bond donors (Lipinski definition) is 4. The first-order chi connectivity index (χ1) is 13.3. The van der Waals surface area contributed by atoms with E-state index >= 15 is 0 Å². The second kappa shape index (κ2) is 12.0. The quantitative estimate of drug-likeness (QED) is 0.210. The van der Waals surface area contributed by atoms with Gasteiger partial charge in [0, 0.05) is 16.7 Å². The normalized spacial score (nSPS) is 10.3. The molecular weight excluding hydrogens is 424 g/mol. The first-order valence-corrected chi connectivity index (χ1v) is 8.33. The van der Waals surface area contributed by atoms with E-state index in [1.54, 1.807) is 31.2 Å². The van der Waals surface area contributed by atoms with E-state index in [9.17, 15) is 20.1 Å². The Hall–Kier alpha value is -3.68. The molecular formula is C16H21ClN6O7. The third kappa shape index (κ3) is 6.73. The van der Waals surface area contributed by atoms with Gasteiger partial charge in [0.2, 0.25) is 5.82 Å². The number of carbonyl (C=O) groups excluding carboxylic acids is 1. The number of nitrogens with one attached hydrogen (secondary N) is 2. The lowest BCUT2D eigenvalue weighted by Gasteiger charge is -2.12. The van der Waals surface area contributed by atoms with Gasteiger partial charge in [-0.05, 0) is 19.1 Å². The van der Waals surface area contributed by atoms with E-state index in [0.29, 0.717) is 10.6 Å². The summed E-state index contributed by atoms with van der Waals surface area (Å²) in [6.07, 6.45) is -0.784. The molecule has 0 bridgehead atoms. The van der Waals surface area contributed by atoms with Crippen LogP contribution in [-0.2, 0) is 4.74 Å². The molecule has 0 aliphatic carbocycles. The molecule has 2 aromatic rings. The molecule has 0 radical (unpaired) electrons. The Morgan fingerprint density at radius 2 is 2.00 bits per heavy atom. The zero-order valence-electron chi connectivity index (χ0n) is 15.7. The van der Waals surface area contributed by atoms with Crippen molar-refractivity contribution >= 4 is 46.4 Å². The lowest BCUT2D eigenvalue weighted by atomic mass is 10.1. The van der Waals surface area contributed by atoms with Crippen LogP contribution < -0.4 is 16.4 Å². The smallest absolute Gasteiger partial charge is 0.412 e. The van der Waals surface area contributed by atoms with E-state index < -0.39 is 22.5 Å². The van der Waals surface area contributed by atoms with E-state index in [1.807, 2.05) is 0 Å². The summed E-state index contributed by atoms with van der Waals surface area (Å²) in [6, 6.07) is 7.69. The van der Waals surface area contributed by atoms with Crippen LogP contribution in [0.15, 0.2) is 35.5 Å². The molecule has 0 atom stereocenters. The number of hydrogen-bond acceptors (Lipinski definition) is 9. The highest BCUT2D eigenvalue weighted by Gasteiger charge is 2.22. The molecule has 1 amide bonds. The Morgan fingerprint density at radius 3 is 2.53 bits per heavy atom. The average Bonchev–Trinajstić information content (AvgIpc) is 2.63. The minimum Gasteiger partial charge on any atom is -0.450 e. The Bertz CT molecular complexity index is 908. The van der Waals surface area contributed by atoms with Crippen LogP contribution in [0.25, 0.3) is 0 Å². The number of ether oxygens (including phenoxy) is 1. The van der Waals surface area contributed by atoms with Crippen molar-refractivity contribution in [3.8, 4) is 0 Å². The van der Waals surface area contributed by atoms with Crippen molar-refractivity contribution in [3.63, 3.8) is 0 Å². The fraction of sp³-hybridized carbons (Fsp3) is 0.188. The topological polar surface area (TPSA) is 228 Å². The number of carbonyl (C=O) groups is 1. The van der Waals surface area contributed by atoms with Gasteiger partial charge >= 0.3 is 11.8 Å². The lowest BCUT2D eigenvalue weighted by molar-refractivity contribution is -0.383. The van der Waals surface area contributed by atoms with E-state index in [0.717, 1.165) is 0 Å². The predicted molar refractivity (Wildman–Crippen MR) is 111 cm³/mol. The molecule has 13 nitrogen and oxygen atoms in total. The highest BCUT2D eigenvalue weighted by Crippen LogP contribution is 2.32. The summed E-state index contributed by atoms with van der Waals surface area (Å²) in [5, 5.41) is 29.4. The number of benzene rings is 1. The van der Waals surface area contributed by atoms with Crippen LogP contribution in [-0.4, -0.2) is 51.0 Å². The summed E-state index contributed by atoms with van der Waals surface area (Å²) in [4.78, 5) is 26.0. The van der Waals surface area contributed by atoms with Crippen molar-refractivity contribution < 1.29 is 30.6 Å². The standard InChI is InChI=1S/C16H17ClN6O5.2H2O/c1-2-28-16(24)21-13-7-11(14(23(26)27)15(18)20-13)19-8-12(22-25)9-3-5-10(17)6-4-9;;/h3-7,25H,2,8H2,1H3,(H4,18,19,20,21,24);2*1H2. The van der Waals surface area contributed by atoms with Gasteiger partial charge in [-0.15, -0.1) is 0 Å². The number of oxime groups is 1. The third-order valence-corrected chi connectivity index (χ3v) is 3.70. The number of nitrogens with two attached hydrogens (primary N) is 1. The SMILES string of the molecule is CCOC(=O)Nc1cc(NCC(=NO)c2ccc(Cl)cc2)c([N+](=O)[O-])c(N)n1.O.O. The Labute approximate surface area is 175 Å². The number of halogens is 1. The fourth-order valence-electron chi connectivity index (χ4n) is 2.24. The molecule has 1 aromatic heterocycles. The minimum atomic E-state index is -0.784. The summed E-state index contributed by atoms with van der Waals surface area (Å²) >= 11 is 5.83. The molecule has 0 saturated carbocycles. The van der Waals surface area contributed by atoms with Crippen molar-refractivity contribution in [1.82, 2.24) is 4.98 Å². The van der Waals surface area contributed by atoms with Gasteiger partial charge in [-0.25, -0.2) is 9.78 Å². The molecule has 14 heteroatoms. The van der Waals surface area contributed by atoms with Gasteiger partial charge in [0.25, 0.3) is 0 Å². The van der Waals surface area contributed by atoms with Crippen molar-refractivity contribution in [1.29, 1.82) is 0 Å². The molecule has 2 rings (SSSR count). The minimum absolute atomic E-state index is 0. The van der Waals surface area contributed by atoms with Crippen LogP contribution in [0.3, 0.4) is 0 Å². The summed E-state index contributed by atoms with van der Waals surface area (Å²) in [5.74, 6) is -0.450. The number of nitrogen functional groups attached to an aromatic ring is 1. The number of nitrogens with zero attached hydrogens (tertiary/aromatic N) is 3. The Balaban J connectivity index is 0.00000420. The molecule has 30 heavy (non-hydrogen) atoms. The second-order valence-electron chi connectivity index (χ2n) is 5.30. The molecule has 0 aliphatic heterocycles. The summed E-state index contributed by atoms with van der Waals surface area (Å²) < 4.78 is 4.74. The molecule has 0 saturated heterocycles. The number of nitro groups is 1. The molecule has 0 spiro atoms. The number of amides is 1. The van der Waals surface area contributed by atoms with Crippen LogP contribution >= 0.6 is 11.6 Å². The monoisotopic (exact) mass is 444 g/mol. The molecule has 0 aliphatic rings. The molecule has 9 N–H and O–H groups in total.